The number of amides is 1. The van der Waals surface area contributed by atoms with E-state index in [1.807, 2.05) is 6.92 Å². The van der Waals surface area contributed by atoms with Gasteiger partial charge in [0.25, 0.3) is 0 Å². The van der Waals surface area contributed by atoms with E-state index >= 15 is 0 Å². The first kappa shape index (κ1) is 16.9. The topological polar surface area (TPSA) is 41.1 Å². The Hall–Kier alpha value is -1.49. The van der Waals surface area contributed by atoms with Gasteiger partial charge in [0.05, 0.1) is 0 Å². The summed E-state index contributed by atoms with van der Waals surface area (Å²) in [6, 6.07) is 3.59. The molecule has 1 aliphatic rings. The molecular weight excluding hydrogens is 286 g/mol. The van der Waals surface area contributed by atoms with Crippen LogP contribution in [-0.2, 0) is 4.79 Å². The summed E-state index contributed by atoms with van der Waals surface area (Å²) in [6.45, 7) is 2.31. The molecule has 0 unspecified atom stereocenters. The van der Waals surface area contributed by atoms with E-state index < -0.39 is 11.6 Å². The van der Waals surface area contributed by atoms with E-state index in [1.165, 1.54) is 31.4 Å². The molecule has 1 aromatic carbocycles. The Morgan fingerprint density at radius 3 is 2.45 bits per heavy atom. The lowest BCUT2D eigenvalue weighted by Crippen LogP contribution is -2.37. The zero-order chi connectivity index (χ0) is 15.9. The fraction of sp³-hybridized carbons (Fsp3) is 0.588. The van der Waals surface area contributed by atoms with Gasteiger partial charge in [0.15, 0.2) is 0 Å². The molecule has 0 radical (unpaired) electrons. The lowest BCUT2D eigenvalue weighted by molar-refractivity contribution is -0.121. The maximum Gasteiger partial charge on any atom is 0.221 e. The standard InChI is InChI=1S/C17H24F2N2O/c1-12(13-9-14(18)11-15(19)10-13)20-8-7-17(22)21-16-5-3-2-4-6-16/h9-12,16,20H,2-8H2,1H3,(H,21,22)/t12-/m1/s1. The second-order valence-electron chi connectivity index (χ2n) is 6.03. The zero-order valence-electron chi connectivity index (χ0n) is 13.0. The number of hydrogen-bond donors (Lipinski definition) is 2. The van der Waals surface area contributed by atoms with Gasteiger partial charge >= 0.3 is 0 Å². The average Bonchev–Trinajstić information content (AvgIpc) is 2.47. The average molecular weight is 310 g/mol. The van der Waals surface area contributed by atoms with Crippen molar-refractivity contribution in [1.82, 2.24) is 10.6 Å². The molecule has 2 N–H and O–H groups in total. The number of carbonyl (C=O) groups is 1. The molecular formula is C17H24F2N2O. The minimum Gasteiger partial charge on any atom is -0.353 e. The molecule has 5 heteroatoms. The fourth-order valence-corrected chi connectivity index (χ4v) is 2.89. The first-order valence-corrected chi connectivity index (χ1v) is 8.03. The number of rotatable bonds is 6. The van der Waals surface area contributed by atoms with Crippen molar-refractivity contribution in [1.29, 1.82) is 0 Å². The highest BCUT2D eigenvalue weighted by Gasteiger charge is 2.15. The van der Waals surface area contributed by atoms with Gasteiger partial charge in [0, 0.05) is 31.1 Å². The molecule has 0 spiro atoms. The van der Waals surface area contributed by atoms with Crippen LogP contribution in [0.3, 0.4) is 0 Å². The molecule has 1 aromatic rings. The molecule has 1 saturated carbocycles. The molecule has 0 aliphatic heterocycles. The number of carbonyl (C=O) groups excluding carboxylic acids is 1. The molecule has 0 aromatic heterocycles. The van der Waals surface area contributed by atoms with Crippen LogP contribution in [0.4, 0.5) is 8.78 Å². The molecule has 1 fully saturated rings. The van der Waals surface area contributed by atoms with Crippen LogP contribution in [0.2, 0.25) is 0 Å². The van der Waals surface area contributed by atoms with Crippen LogP contribution in [0.1, 0.15) is 57.1 Å². The van der Waals surface area contributed by atoms with Crippen molar-refractivity contribution in [2.24, 2.45) is 0 Å². The Kier molecular flexibility index (Phi) is 6.31. The van der Waals surface area contributed by atoms with Gasteiger partial charge < -0.3 is 10.6 Å². The van der Waals surface area contributed by atoms with Gasteiger partial charge in [-0.1, -0.05) is 19.3 Å². The van der Waals surface area contributed by atoms with Crippen molar-refractivity contribution in [3.8, 4) is 0 Å². The quantitative estimate of drug-likeness (QED) is 0.845. The van der Waals surface area contributed by atoms with Gasteiger partial charge in [0.1, 0.15) is 11.6 Å². The Balaban J connectivity index is 1.71. The summed E-state index contributed by atoms with van der Waals surface area (Å²) < 4.78 is 26.3. The Bertz CT molecular complexity index is 481. The van der Waals surface area contributed by atoms with Crippen molar-refractivity contribution in [2.45, 2.75) is 57.5 Å². The summed E-state index contributed by atoms with van der Waals surface area (Å²) in [5.74, 6) is -1.13. The van der Waals surface area contributed by atoms with Crippen LogP contribution in [0.25, 0.3) is 0 Å². The summed E-state index contributed by atoms with van der Waals surface area (Å²) in [7, 11) is 0. The van der Waals surface area contributed by atoms with Crippen molar-refractivity contribution < 1.29 is 13.6 Å². The molecule has 2 rings (SSSR count). The van der Waals surface area contributed by atoms with Gasteiger partial charge in [-0.3, -0.25) is 4.79 Å². The van der Waals surface area contributed by atoms with Gasteiger partial charge in [-0.25, -0.2) is 8.78 Å². The second-order valence-corrected chi connectivity index (χ2v) is 6.03. The van der Waals surface area contributed by atoms with Crippen molar-refractivity contribution in [3.05, 3.63) is 35.4 Å². The van der Waals surface area contributed by atoms with Crippen molar-refractivity contribution >= 4 is 5.91 Å². The summed E-state index contributed by atoms with van der Waals surface area (Å²) in [6.07, 6.45) is 6.14. The number of nitrogens with one attached hydrogen (secondary N) is 2. The largest absolute Gasteiger partial charge is 0.353 e. The lowest BCUT2D eigenvalue weighted by Gasteiger charge is -2.23. The minimum atomic E-state index is -0.585. The van der Waals surface area contributed by atoms with Crippen LogP contribution in [0, 0.1) is 11.6 Å². The predicted octanol–water partition coefficient (Wildman–Crippen LogP) is 3.45. The van der Waals surface area contributed by atoms with E-state index in [9.17, 15) is 13.6 Å². The third-order valence-corrected chi connectivity index (χ3v) is 4.16. The summed E-state index contributed by atoms with van der Waals surface area (Å²) in [4.78, 5) is 11.9. The van der Waals surface area contributed by atoms with E-state index in [-0.39, 0.29) is 11.9 Å². The Morgan fingerprint density at radius 1 is 1.18 bits per heavy atom. The smallest absolute Gasteiger partial charge is 0.221 e. The second kappa shape index (κ2) is 8.22. The van der Waals surface area contributed by atoms with E-state index in [0.29, 0.717) is 24.6 Å². The molecule has 1 aliphatic carbocycles. The lowest BCUT2D eigenvalue weighted by atomic mass is 9.95. The minimum absolute atomic E-state index is 0.0389. The first-order valence-electron chi connectivity index (χ1n) is 8.03. The van der Waals surface area contributed by atoms with E-state index in [4.69, 9.17) is 0 Å². The summed E-state index contributed by atoms with van der Waals surface area (Å²) in [5.41, 5.74) is 0.546. The van der Waals surface area contributed by atoms with Crippen LogP contribution in [-0.4, -0.2) is 18.5 Å². The number of benzene rings is 1. The van der Waals surface area contributed by atoms with Crippen LogP contribution in [0.15, 0.2) is 18.2 Å². The molecule has 1 amide bonds. The molecule has 22 heavy (non-hydrogen) atoms. The van der Waals surface area contributed by atoms with E-state index in [2.05, 4.69) is 10.6 Å². The maximum atomic E-state index is 13.2. The van der Waals surface area contributed by atoms with Gasteiger partial charge in [-0.15, -0.1) is 0 Å². The van der Waals surface area contributed by atoms with Gasteiger partial charge in [-0.05, 0) is 37.5 Å². The molecule has 0 bridgehead atoms. The van der Waals surface area contributed by atoms with Crippen LogP contribution >= 0.6 is 0 Å². The monoisotopic (exact) mass is 310 g/mol. The highest BCUT2D eigenvalue weighted by molar-refractivity contribution is 5.76. The molecule has 1 atom stereocenters. The highest BCUT2D eigenvalue weighted by Crippen LogP contribution is 2.18. The molecule has 0 heterocycles. The summed E-state index contributed by atoms with van der Waals surface area (Å²) >= 11 is 0. The zero-order valence-corrected chi connectivity index (χ0v) is 13.0. The van der Waals surface area contributed by atoms with Crippen LogP contribution in [0.5, 0.6) is 0 Å². The molecule has 122 valence electrons. The predicted molar refractivity (Wildman–Crippen MR) is 82.4 cm³/mol. The van der Waals surface area contributed by atoms with E-state index in [0.717, 1.165) is 18.9 Å². The molecule has 0 saturated heterocycles. The highest BCUT2D eigenvalue weighted by atomic mass is 19.1. The Labute approximate surface area is 130 Å². The summed E-state index contributed by atoms with van der Waals surface area (Å²) in [5, 5.41) is 6.18. The first-order chi connectivity index (χ1) is 10.5. The molecule has 3 nitrogen and oxygen atoms in total. The SMILES string of the molecule is C[C@@H](NCCC(=O)NC1CCCCC1)c1cc(F)cc(F)c1. The number of halogens is 2. The van der Waals surface area contributed by atoms with E-state index in [1.54, 1.807) is 0 Å². The third kappa shape index (κ3) is 5.37. The fourth-order valence-electron chi connectivity index (χ4n) is 2.89. The number of hydrogen-bond acceptors (Lipinski definition) is 2. The maximum absolute atomic E-state index is 13.2. The Morgan fingerprint density at radius 2 is 1.82 bits per heavy atom. The van der Waals surface area contributed by atoms with Gasteiger partial charge in [0.2, 0.25) is 5.91 Å². The third-order valence-electron chi connectivity index (χ3n) is 4.16. The van der Waals surface area contributed by atoms with Crippen molar-refractivity contribution in [2.75, 3.05) is 6.54 Å². The van der Waals surface area contributed by atoms with Gasteiger partial charge in [-0.2, -0.15) is 0 Å². The van der Waals surface area contributed by atoms with Crippen LogP contribution < -0.4 is 10.6 Å². The van der Waals surface area contributed by atoms with Crippen molar-refractivity contribution in [3.63, 3.8) is 0 Å². The normalized spacial score (nSPS) is 17.2.